The number of aryl methyl sites for hydroxylation is 2. The molecule has 0 aliphatic heterocycles. The standard InChI is InChI=1S/C26H42NSi/c1-11-20(12-2)16-21-13-14-22(19(3)15-21)24-17-23(26(4,5)6)25(18-27(24)7)28(8,9)10/h13-15,17-18,20H,11-12,16H2,1-10H3/q+1. The summed E-state index contributed by atoms with van der Waals surface area (Å²) in [6, 6.07) is 9.58. The second-order valence-corrected chi connectivity index (χ2v) is 15.7. The number of rotatable bonds is 6. The molecule has 0 atom stereocenters. The molecule has 28 heavy (non-hydrogen) atoms. The molecule has 0 saturated heterocycles. The van der Waals surface area contributed by atoms with Crippen LogP contribution in [0, 0.1) is 12.8 Å². The minimum absolute atomic E-state index is 0.155. The van der Waals surface area contributed by atoms with E-state index >= 15 is 0 Å². The molecule has 1 nitrogen and oxygen atoms in total. The lowest BCUT2D eigenvalue weighted by atomic mass is 9.86. The van der Waals surface area contributed by atoms with Crippen molar-refractivity contribution in [1.29, 1.82) is 0 Å². The Balaban J connectivity index is 2.56. The van der Waals surface area contributed by atoms with Gasteiger partial charge in [-0.2, -0.15) is 0 Å². The van der Waals surface area contributed by atoms with E-state index in [4.69, 9.17) is 0 Å². The lowest BCUT2D eigenvalue weighted by Gasteiger charge is -2.28. The molecule has 1 aromatic carbocycles. The molecular weight excluding hydrogens is 354 g/mol. The zero-order valence-corrected chi connectivity index (χ0v) is 21.0. The summed E-state index contributed by atoms with van der Waals surface area (Å²) in [7, 11) is 0.798. The fourth-order valence-corrected chi connectivity index (χ4v) is 6.02. The highest BCUT2D eigenvalue weighted by Gasteiger charge is 2.31. The molecule has 2 rings (SSSR count). The number of pyridine rings is 1. The summed E-state index contributed by atoms with van der Waals surface area (Å²) in [5.41, 5.74) is 7.23. The zero-order chi connectivity index (χ0) is 21.3. The van der Waals surface area contributed by atoms with Crippen LogP contribution in [-0.4, -0.2) is 8.07 Å². The van der Waals surface area contributed by atoms with E-state index in [9.17, 15) is 0 Å². The average molecular weight is 397 g/mol. The van der Waals surface area contributed by atoms with Gasteiger partial charge in [-0.25, -0.2) is 4.57 Å². The van der Waals surface area contributed by atoms with Gasteiger partial charge in [0.1, 0.15) is 7.05 Å². The second kappa shape index (κ2) is 8.53. The molecule has 154 valence electrons. The van der Waals surface area contributed by atoms with Crippen LogP contribution in [0.15, 0.2) is 30.5 Å². The molecular formula is C26H42NSi+. The van der Waals surface area contributed by atoms with Gasteiger partial charge in [0, 0.05) is 16.8 Å². The van der Waals surface area contributed by atoms with Crippen molar-refractivity contribution in [3.63, 3.8) is 0 Å². The number of hydrogen-bond donors (Lipinski definition) is 0. The van der Waals surface area contributed by atoms with Crippen LogP contribution in [0.2, 0.25) is 19.6 Å². The van der Waals surface area contributed by atoms with Crippen molar-refractivity contribution < 1.29 is 4.57 Å². The maximum absolute atomic E-state index is 2.47. The molecule has 1 heterocycles. The van der Waals surface area contributed by atoms with Crippen LogP contribution in [0.1, 0.15) is 64.2 Å². The van der Waals surface area contributed by atoms with Gasteiger partial charge in [-0.15, -0.1) is 0 Å². The normalized spacial score (nSPS) is 12.7. The molecule has 0 radical (unpaired) electrons. The van der Waals surface area contributed by atoms with Gasteiger partial charge in [0.15, 0.2) is 6.20 Å². The van der Waals surface area contributed by atoms with Crippen molar-refractivity contribution >= 4 is 13.3 Å². The van der Waals surface area contributed by atoms with Gasteiger partial charge in [-0.3, -0.25) is 0 Å². The van der Waals surface area contributed by atoms with Gasteiger partial charge in [0.2, 0.25) is 5.69 Å². The number of nitrogens with zero attached hydrogens (tertiary/aromatic N) is 1. The maximum atomic E-state index is 2.47. The maximum Gasteiger partial charge on any atom is 0.212 e. The fourth-order valence-electron chi connectivity index (χ4n) is 4.19. The molecule has 0 unspecified atom stereocenters. The first-order chi connectivity index (χ1) is 12.9. The Morgan fingerprint density at radius 1 is 1.00 bits per heavy atom. The van der Waals surface area contributed by atoms with Gasteiger partial charge in [-0.05, 0) is 47.4 Å². The average Bonchev–Trinajstić information content (AvgIpc) is 2.58. The molecule has 0 spiro atoms. The first-order valence-corrected chi connectivity index (χ1v) is 14.5. The van der Waals surface area contributed by atoms with E-state index in [1.807, 2.05) is 0 Å². The van der Waals surface area contributed by atoms with E-state index < -0.39 is 8.07 Å². The lowest BCUT2D eigenvalue weighted by Crippen LogP contribution is -2.49. The van der Waals surface area contributed by atoms with Gasteiger partial charge in [-0.1, -0.05) is 79.2 Å². The highest BCUT2D eigenvalue weighted by atomic mass is 28.3. The van der Waals surface area contributed by atoms with Crippen LogP contribution in [-0.2, 0) is 18.9 Å². The van der Waals surface area contributed by atoms with Gasteiger partial charge in [0.05, 0.1) is 8.07 Å². The van der Waals surface area contributed by atoms with Crippen molar-refractivity contribution in [3.05, 3.63) is 47.2 Å². The summed E-state index contributed by atoms with van der Waals surface area (Å²) < 4.78 is 2.35. The Morgan fingerprint density at radius 3 is 2.07 bits per heavy atom. The zero-order valence-electron chi connectivity index (χ0n) is 20.0. The smallest absolute Gasteiger partial charge is 0.201 e. The molecule has 2 aromatic rings. The Bertz CT molecular complexity index is 818. The first-order valence-electron chi connectivity index (χ1n) is 11.0. The molecule has 0 aliphatic rings. The quantitative estimate of drug-likeness (QED) is 0.398. The van der Waals surface area contributed by atoms with E-state index in [1.54, 1.807) is 5.19 Å². The van der Waals surface area contributed by atoms with Crippen LogP contribution in [0.25, 0.3) is 11.3 Å². The Kier molecular flexibility index (Phi) is 6.97. The number of hydrogen-bond acceptors (Lipinski definition) is 0. The lowest BCUT2D eigenvalue weighted by molar-refractivity contribution is -0.659. The van der Waals surface area contributed by atoms with Crippen LogP contribution in [0.3, 0.4) is 0 Å². The highest BCUT2D eigenvalue weighted by molar-refractivity contribution is 6.89. The van der Waals surface area contributed by atoms with Gasteiger partial charge >= 0.3 is 0 Å². The second-order valence-electron chi connectivity index (χ2n) is 10.6. The van der Waals surface area contributed by atoms with E-state index in [0.717, 1.165) is 5.92 Å². The Morgan fingerprint density at radius 2 is 1.61 bits per heavy atom. The summed E-state index contributed by atoms with van der Waals surface area (Å²) >= 11 is 0. The van der Waals surface area contributed by atoms with Crippen molar-refractivity contribution in [2.75, 3.05) is 0 Å². The summed E-state index contributed by atoms with van der Waals surface area (Å²) in [6.45, 7) is 21.3. The van der Waals surface area contributed by atoms with Crippen LogP contribution in [0.4, 0.5) is 0 Å². The molecule has 0 N–H and O–H groups in total. The topological polar surface area (TPSA) is 3.88 Å². The third-order valence-electron chi connectivity index (χ3n) is 6.14. The largest absolute Gasteiger partial charge is 0.212 e. The number of aromatic nitrogens is 1. The van der Waals surface area contributed by atoms with Crippen LogP contribution < -0.4 is 9.75 Å². The predicted octanol–water partition coefficient (Wildman–Crippen LogP) is 6.31. The van der Waals surface area contributed by atoms with Crippen molar-refractivity contribution in [3.8, 4) is 11.3 Å². The molecule has 0 bridgehead atoms. The van der Waals surface area contributed by atoms with E-state index in [0.29, 0.717) is 0 Å². The Hall–Kier alpha value is -1.41. The van der Waals surface area contributed by atoms with Crippen LogP contribution >= 0.6 is 0 Å². The minimum atomic E-state index is -1.41. The molecule has 2 heteroatoms. The predicted molar refractivity (Wildman–Crippen MR) is 127 cm³/mol. The van der Waals surface area contributed by atoms with Crippen molar-refractivity contribution in [2.24, 2.45) is 13.0 Å². The minimum Gasteiger partial charge on any atom is -0.201 e. The molecule has 0 fully saturated rings. The van der Waals surface area contributed by atoms with Gasteiger partial charge in [0.25, 0.3) is 0 Å². The molecule has 0 amide bonds. The molecule has 0 saturated carbocycles. The summed E-state index contributed by atoms with van der Waals surface area (Å²) in [6.07, 6.45) is 6.14. The summed E-state index contributed by atoms with van der Waals surface area (Å²) in [5, 5.41) is 1.58. The number of benzene rings is 1. The monoisotopic (exact) mass is 396 g/mol. The first kappa shape index (κ1) is 22.9. The third kappa shape index (κ3) is 5.14. The summed E-state index contributed by atoms with van der Waals surface area (Å²) in [4.78, 5) is 0. The van der Waals surface area contributed by atoms with Crippen molar-refractivity contribution in [2.45, 2.75) is 85.9 Å². The van der Waals surface area contributed by atoms with E-state index in [2.05, 4.69) is 103 Å². The van der Waals surface area contributed by atoms with Crippen molar-refractivity contribution in [1.82, 2.24) is 0 Å². The summed E-state index contributed by atoms with van der Waals surface area (Å²) in [5.74, 6) is 0.796. The fraction of sp³-hybridized carbons (Fsp3) is 0.577. The highest BCUT2D eigenvalue weighted by Crippen LogP contribution is 2.29. The van der Waals surface area contributed by atoms with Gasteiger partial charge < -0.3 is 0 Å². The third-order valence-corrected chi connectivity index (χ3v) is 8.15. The van der Waals surface area contributed by atoms with E-state index in [1.165, 1.54) is 47.2 Å². The molecule has 1 aromatic heterocycles. The SMILES string of the molecule is CCC(CC)Cc1ccc(-c2cc(C(C)(C)C)c([Si](C)(C)C)c[n+]2C)c(C)c1. The van der Waals surface area contributed by atoms with E-state index in [-0.39, 0.29) is 5.41 Å². The molecule has 0 aliphatic carbocycles. The Labute approximate surface area is 175 Å². The van der Waals surface area contributed by atoms with Crippen LogP contribution in [0.5, 0.6) is 0 Å².